The van der Waals surface area contributed by atoms with Gasteiger partial charge in [0.05, 0.1) is 0 Å². The number of phenolic OH excluding ortho intramolecular Hbond substituents is 1. The fourth-order valence-corrected chi connectivity index (χ4v) is 2.86. The molecule has 3 unspecified atom stereocenters. The van der Waals surface area contributed by atoms with Crippen LogP contribution in [-0.4, -0.2) is 11.0 Å². The lowest BCUT2D eigenvalue weighted by Gasteiger charge is -2.17. The number of fused-ring (bicyclic) bond motifs is 2. The second-order valence-electron chi connectivity index (χ2n) is 4.92. The Labute approximate surface area is 100 Å². The molecule has 3 rings (SSSR count). The van der Waals surface area contributed by atoms with Crippen molar-refractivity contribution in [2.75, 3.05) is 5.32 Å². The molecule has 2 bridgehead atoms. The quantitative estimate of drug-likeness (QED) is 0.604. The van der Waals surface area contributed by atoms with Crippen molar-refractivity contribution >= 4 is 11.6 Å². The summed E-state index contributed by atoms with van der Waals surface area (Å²) in [5, 5.41) is 12.1. The van der Waals surface area contributed by atoms with Crippen LogP contribution in [0.1, 0.15) is 12.8 Å². The van der Waals surface area contributed by atoms with Gasteiger partial charge in [0.1, 0.15) is 5.75 Å². The Morgan fingerprint density at radius 1 is 1.18 bits per heavy atom. The predicted molar refractivity (Wildman–Crippen MR) is 65.6 cm³/mol. The molecular weight excluding hydrogens is 214 g/mol. The van der Waals surface area contributed by atoms with Gasteiger partial charge in [0, 0.05) is 11.6 Å². The fraction of sp³-hybridized carbons (Fsp3) is 0.357. The maximum Gasteiger partial charge on any atom is 0.228 e. The first-order valence-corrected chi connectivity index (χ1v) is 6.00. The molecule has 3 nitrogen and oxygen atoms in total. The lowest BCUT2D eigenvalue weighted by molar-refractivity contribution is -0.120. The number of allylic oxidation sites excluding steroid dienone is 2. The zero-order valence-corrected chi connectivity index (χ0v) is 9.47. The molecule has 1 saturated carbocycles. The van der Waals surface area contributed by atoms with Crippen LogP contribution in [0.2, 0.25) is 0 Å². The summed E-state index contributed by atoms with van der Waals surface area (Å²) in [5.41, 5.74) is 0.750. The molecule has 1 aromatic rings. The summed E-state index contributed by atoms with van der Waals surface area (Å²) in [6.45, 7) is 0. The average molecular weight is 229 g/mol. The van der Waals surface area contributed by atoms with Crippen molar-refractivity contribution in [2.24, 2.45) is 17.8 Å². The van der Waals surface area contributed by atoms with E-state index >= 15 is 0 Å². The van der Waals surface area contributed by atoms with Crippen LogP contribution >= 0.6 is 0 Å². The van der Waals surface area contributed by atoms with E-state index in [4.69, 9.17) is 5.11 Å². The van der Waals surface area contributed by atoms with Crippen molar-refractivity contribution in [3.63, 3.8) is 0 Å². The molecule has 1 amide bonds. The van der Waals surface area contributed by atoms with Gasteiger partial charge in [0.15, 0.2) is 0 Å². The minimum Gasteiger partial charge on any atom is -0.508 e. The minimum absolute atomic E-state index is 0.104. The number of carbonyl (C=O) groups excluding carboxylic acids is 1. The highest BCUT2D eigenvalue weighted by molar-refractivity contribution is 5.93. The van der Waals surface area contributed by atoms with Gasteiger partial charge in [-0.2, -0.15) is 0 Å². The van der Waals surface area contributed by atoms with Crippen LogP contribution in [0.3, 0.4) is 0 Å². The first-order chi connectivity index (χ1) is 8.22. The highest BCUT2D eigenvalue weighted by atomic mass is 16.3. The summed E-state index contributed by atoms with van der Waals surface area (Å²) >= 11 is 0. The lowest BCUT2D eigenvalue weighted by atomic mass is 9.93. The first kappa shape index (κ1) is 10.4. The third-order valence-corrected chi connectivity index (χ3v) is 3.75. The zero-order valence-electron chi connectivity index (χ0n) is 9.47. The molecule has 2 aliphatic rings. The monoisotopic (exact) mass is 229 g/mol. The van der Waals surface area contributed by atoms with Crippen molar-refractivity contribution in [3.8, 4) is 5.75 Å². The molecule has 88 valence electrons. The smallest absolute Gasteiger partial charge is 0.228 e. The standard InChI is InChI=1S/C14H15NO2/c16-12-5-3-11(4-6-12)15-14(17)13-8-9-1-2-10(13)7-9/h1-6,9-10,13,16H,7-8H2,(H,15,17). The van der Waals surface area contributed by atoms with Crippen molar-refractivity contribution < 1.29 is 9.90 Å². The Morgan fingerprint density at radius 3 is 2.53 bits per heavy atom. The van der Waals surface area contributed by atoms with Crippen LogP contribution in [0.5, 0.6) is 5.75 Å². The van der Waals surface area contributed by atoms with Gasteiger partial charge in [0.2, 0.25) is 5.91 Å². The Bertz CT molecular complexity index is 464. The van der Waals surface area contributed by atoms with E-state index in [0.717, 1.165) is 18.5 Å². The maximum atomic E-state index is 12.1. The fourth-order valence-electron chi connectivity index (χ4n) is 2.86. The summed E-state index contributed by atoms with van der Waals surface area (Å²) in [6.07, 6.45) is 6.52. The highest BCUT2D eigenvalue weighted by Gasteiger charge is 2.39. The molecule has 1 aromatic carbocycles. The van der Waals surface area contributed by atoms with Crippen LogP contribution in [0.25, 0.3) is 0 Å². The lowest BCUT2D eigenvalue weighted by Crippen LogP contribution is -2.25. The van der Waals surface area contributed by atoms with Gasteiger partial charge in [0.25, 0.3) is 0 Å². The van der Waals surface area contributed by atoms with Crippen LogP contribution < -0.4 is 5.32 Å². The number of nitrogens with one attached hydrogen (secondary N) is 1. The largest absolute Gasteiger partial charge is 0.508 e. The third kappa shape index (κ3) is 1.93. The van der Waals surface area contributed by atoms with Crippen molar-refractivity contribution in [1.82, 2.24) is 0 Å². The SMILES string of the molecule is O=C(Nc1ccc(O)cc1)C1CC2C=CC1C2. The van der Waals surface area contributed by atoms with Crippen LogP contribution in [0, 0.1) is 17.8 Å². The van der Waals surface area contributed by atoms with Gasteiger partial charge in [-0.3, -0.25) is 4.79 Å². The molecule has 0 saturated heterocycles. The van der Waals surface area contributed by atoms with Crippen molar-refractivity contribution in [2.45, 2.75) is 12.8 Å². The van der Waals surface area contributed by atoms with E-state index in [0.29, 0.717) is 11.8 Å². The van der Waals surface area contributed by atoms with Gasteiger partial charge in [-0.1, -0.05) is 12.2 Å². The summed E-state index contributed by atoms with van der Waals surface area (Å²) in [4.78, 5) is 12.1. The number of benzene rings is 1. The average Bonchev–Trinajstić information content (AvgIpc) is 2.94. The van der Waals surface area contributed by atoms with E-state index in [-0.39, 0.29) is 17.6 Å². The number of rotatable bonds is 2. The van der Waals surface area contributed by atoms with Crippen molar-refractivity contribution in [1.29, 1.82) is 0 Å². The van der Waals surface area contributed by atoms with Gasteiger partial charge < -0.3 is 10.4 Å². The molecule has 0 radical (unpaired) electrons. The van der Waals surface area contributed by atoms with E-state index in [1.807, 2.05) is 0 Å². The predicted octanol–water partition coefficient (Wildman–Crippen LogP) is 2.54. The topological polar surface area (TPSA) is 49.3 Å². The molecular formula is C14H15NO2. The number of anilines is 1. The summed E-state index contributed by atoms with van der Waals surface area (Å²) < 4.78 is 0. The minimum atomic E-state index is 0.104. The molecule has 3 heteroatoms. The first-order valence-electron chi connectivity index (χ1n) is 6.00. The number of hydrogen-bond acceptors (Lipinski definition) is 2. The Morgan fingerprint density at radius 2 is 1.94 bits per heavy atom. The van der Waals surface area contributed by atoms with E-state index in [1.54, 1.807) is 24.3 Å². The molecule has 0 heterocycles. The number of phenols is 1. The Balaban J connectivity index is 1.68. The van der Waals surface area contributed by atoms with Crippen LogP contribution in [0.15, 0.2) is 36.4 Å². The maximum absolute atomic E-state index is 12.1. The zero-order chi connectivity index (χ0) is 11.8. The molecule has 1 fully saturated rings. The molecule has 17 heavy (non-hydrogen) atoms. The van der Waals surface area contributed by atoms with Crippen LogP contribution in [0.4, 0.5) is 5.69 Å². The molecule has 0 aromatic heterocycles. The van der Waals surface area contributed by atoms with Gasteiger partial charge in [-0.15, -0.1) is 0 Å². The third-order valence-electron chi connectivity index (χ3n) is 3.75. The molecule has 2 aliphatic carbocycles. The van der Waals surface area contributed by atoms with E-state index in [2.05, 4.69) is 17.5 Å². The van der Waals surface area contributed by atoms with Gasteiger partial charge in [-0.25, -0.2) is 0 Å². The Hall–Kier alpha value is -1.77. The summed E-state index contributed by atoms with van der Waals surface area (Å²) in [7, 11) is 0. The number of aromatic hydroxyl groups is 1. The molecule has 0 spiro atoms. The van der Waals surface area contributed by atoms with E-state index in [1.165, 1.54) is 0 Å². The van der Waals surface area contributed by atoms with E-state index in [9.17, 15) is 4.79 Å². The summed E-state index contributed by atoms with van der Waals surface area (Å²) in [5.74, 6) is 1.48. The number of carbonyl (C=O) groups is 1. The van der Waals surface area contributed by atoms with Gasteiger partial charge in [-0.05, 0) is 48.9 Å². The van der Waals surface area contributed by atoms with E-state index < -0.39 is 0 Å². The number of amides is 1. The van der Waals surface area contributed by atoms with Crippen molar-refractivity contribution in [3.05, 3.63) is 36.4 Å². The number of hydrogen-bond donors (Lipinski definition) is 2. The second kappa shape index (κ2) is 3.91. The van der Waals surface area contributed by atoms with Gasteiger partial charge >= 0.3 is 0 Å². The highest BCUT2D eigenvalue weighted by Crippen LogP contribution is 2.43. The Kier molecular flexibility index (Phi) is 2.39. The normalized spacial score (nSPS) is 29.5. The molecule has 0 aliphatic heterocycles. The summed E-state index contributed by atoms with van der Waals surface area (Å²) in [6, 6.07) is 6.60. The molecule has 2 N–H and O–H groups in total. The molecule has 3 atom stereocenters. The second-order valence-corrected chi connectivity index (χ2v) is 4.92. The van der Waals surface area contributed by atoms with Crippen LogP contribution in [-0.2, 0) is 4.79 Å².